The normalized spacial score (nSPS) is 16.1. The van der Waals surface area contributed by atoms with Gasteiger partial charge in [0.15, 0.2) is 0 Å². The first-order valence-electron chi connectivity index (χ1n) is 9.49. The van der Waals surface area contributed by atoms with E-state index in [1.165, 1.54) is 0 Å². The summed E-state index contributed by atoms with van der Waals surface area (Å²) in [4.78, 5) is 27.4. The maximum atomic E-state index is 13.4. The minimum atomic E-state index is -0.0451. The Morgan fingerprint density at radius 3 is 2.72 bits per heavy atom. The number of hydrogen-bond donors (Lipinski definition) is 1. The summed E-state index contributed by atoms with van der Waals surface area (Å²) in [7, 11) is 3.77. The van der Waals surface area contributed by atoms with Gasteiger partial charge in [-0.3, -0.25) is 9.48 Å². The third kappa shape index (κ3) is 2.93. The van der Waals surface area contributed by atoms with Gasteiger partial charge in [0.1, 0.15) is 11.5 Å². The van der Waals surface area contributed by atoms with E-state index in [-0.39, 0.29) is 11.8 Å². The number of aromatic nitrogens is 6. The molecular formula is C21H21N7O. The predicted octanol–water partition coefficient (Wildman–Crippen LogP) is 2.33. The topological polar surface area (TPSA) is 84.6 Å². The van der Waals surface area contributed by atoms with Crippen molar-refractivity contribution in [3.63, 3.8) is 0 Å². The summed E-state index contributed by atoms with van der Waals surface area (Å²) < 4.78 is 3.63. The molecule has 146 valence electrons. The molecule has 1 aliphatic heterocycles. The van der Waals surface area contributed by atoms with Gasteiger partial charge in [-0.1, -0.05) is 30.3 Å². The number of amides is 1. The molecule has 4 heterocycles. The summed E-state index contributed by atoms with van der Waals surface area (Å²) in [6.07, 6.45) is 7.18. The van der Waals surface area contributed by atoms with E-state index in [0.717, 1.165) is 28.3 Å². The van der Waals surface area contributed by atoms with Crippen LogP contribution in [0.5, 0.6) is 0 Å². The minimum Gasteiger partial charge on any atom is -0.347 e. The molecule has 8 nitrogen and oxygen atoms in total. The standard InChI is InChI=1S/C21H21N7O/c1-26-10-15(8-25-26)16-11-28(12-17-19(16)24-13-23-17)21(29)18-9-22-20(27(18)2)14-6-4-3-5-7-14/h3-10,13,16H,11-12H2,1-2H3,(H,23,24). The number of nitrogens with one attached hydrogen (secondary N) is 1. The lowest BCUT2D eigenvalue weighted by Gasteiger charge is -2.31. The second kappa shape index (κ2) is 6.73. The van der Waals surface area contributed by atoms with Gasteiger partial charge in [-0.25, -0.2) is 9.97 Å². The highest BCUT2D eigenvalue weighted by Crippen LogP contribution is 2.32. The largest absolute Gasteiger partial charge is 0.347 e. The van der Waals surface area contributed by atoms with E-state index in [4.69, 9.17) is 0 Å². The Bertz CT molecular complexity index is 1170. The second-order valence-electron chi connectivity index (χ2n) is 7.34. The molecule has 1 unspecified atom stereocenters. The van der Waals surface area contributed by atoms with Gasteiger partial charge < -0.3 is 14.5 Å². The van der Waals surface area contributed by atoms with Crippen LogP contribution in [0.1, 0.15) is 33.4 Å². The third-order valence-corrected chi connectivity index (χ3v) is 5.49. The Kier molecular flexibility index (Phi) is 4.04. The number of rotatable bonds is 3. The van der Waals surface area contributed by atoms with Crippen molar-refractivity contribution in [2.45, 2.75) is 12.5 Å². The highest BCUT2D eigenvalue weighted by Gasteiger charge is 2.33. The lowest BCUT2D eigenvalue weighted by Crippen LogP contribution is -2.39. The molecule has 0 fully saturated rings. The maximum absolute atomic E-state index is 13.4. The SMILES string of the molecule is Cn1cc(C2CN(C(=O)c3cnc(-c4ccccc4)n3C)Cc3[nH]cnc32)cn1. The first kappa shape index (κ1) is 17.4. The summed E-state index contributed by atoms with van der Waals surface area (Å²) >= 11 is 0. The van der Waals surface area contributed by atoms with Crippen LogP contribution >= 0.6 is 0 Å². The quantitative estimate of drug-likeness (QED) is 0.585. The fourth-order valence-corrected chi connectivity index (χ4v) is 3.98. The van der Waals surface area contributed by atoms with Gasteiger partial charge in [0, 0.05) is 43.9 Å². The zero-order valence-corrected chi connectivity index (χ0v) is 16.3. The zero-order valence-electron chi connectivity index (χ0n) is 16.3. The molecule has 0 aliphatic carbocycles. The van der Waals surface area contributed by atoms with Crippen LogP contribution in [0.25, 0.3) is 11.4 Å². The minimum absolute atomic E-state index is 0.00975. The van der Waals surface area contributed by atoms with Crippen LogP contribution in [-0.2, 0) is 20.6 Å². The smallest absolute Gasteiger partial charge is 0.272 e. The van der Waals surface area contributed by atoms with Gasteiger partial charge >= 0.3 is 0 Å². The Morgan fingerprint density at radius 2 is 1.97 bits per heavy atom. The number of aryl methyl sites for hydroxylation is 1. The summed E-state index contributed by atoms with van der Waals surface area (Å²) in [6.45, 7) is 1.05. The first-order valence-corrected chi connectivity index (χ1v) is 9.49. The number of aromatic amines is 1. The molecule has 0 spiro atoms. The van der Waals surface area contributed by atoms with Gasteiger partial charge in [-0.15, -0.1) is 0 Å². The van der Waals surface area contributed by atoms with Crippen LogP contribution in [-0.4, -0.2) is 46.7 Å². The molecule has 0 radical (unpaired) electrons. The summed E-state index contributed by atoms with van der Waals surface area (Å²) in [5.74, 6) is 0.720. The number of hydrogen-bond acceptors (Lipinski definition) is 4. The first-order chi connectivity index (χ1) is 14.1. The van der Waals surface area contributed by atoms with Crippen molar-refractivity contribution in [2.24, 2.45) is 14.1 Å². The Labute approximate surface area is 167 Å². The van der Waals surface area contributed by atoms with E-state index in [1.807, 2.05) is 66.3 Å². The molecule has 1 aromatic carbocycles. The molecule has 0 saturated carbocycles. The number of imidazole rings is 2. The summed E-state index contributed by atoms with van der Waals surface area (Å²) in [5.41, 5.74) is 4.54. The van der Waals surface area contributed by atoms with Crippen LogP contribution in [0.3, 0.4) is 0 Å². The molecule has 8 heteroatoms. The van der Waals surface area contributed by atoms with Crippen LogP contribution in [0.15, 0.2) is 55.2 Å². The van der Waals surface area contributed by atoms with Gasteiger partial charge in [-0.05, 0) is 0 Å². The highest BCUT2D eigenvalue weighted by molar-refractivity contribution is 5.93. The highest BCUT2D eigenvalue weighted by atomic mass is 16.2. The lowest BCUT2D eigenvalue weighted by atomic mass is 9.93. The van der Waals surface area contributed by atoms with Crippen molar-refractivity contribution < 1.29 is 4.79 Å². The number of fused-ring (bicyclic) bond motifs is 1. The van der Waals surface area contributed by atoms with Crippen molar-refractivity contribution in [1.82, 2.24) is 34.2 Å². The molecule has 3 aromatic heterocycles. The second-order valence-corrected chi connectivity index (χ2v) is 7.34. The van der Waals surface area contributed by atoms with Crippen molar-refractivity contribution >= 4 is 5.91 Å². The van der Waals surface area contributed by atoms with E-state index in [2.05, 4.69) is 20.1 Å². The monoisotopic (exact) mass is 387 g/mol. The molecule has 4 aromatic rings. The average Bonchev–Trinajstić information content (AvgIpc) is 3.47. The van der Waals surface area contributed by atoms with E-state index in [1.54, 1.807) is 17.2 Å². The van der Waals surface area contributed by atoms with Gasteiger partial charge in [0.2, 0.25) is 0 Å². The van der Waals surface area contributed by atoms with Crippen molar-refractivity contribution in [2.75, 3.05) is 6.54 Å². The summed E-state index contributed by atoms with van der Waals surface area (Å²) in [5, 5.41) is 4.29. The maximum Gasteiger partial charge on any atom is 0.272 e. The number of nitrogens with zero attached hydrogens (tertiary/aromatic N) is 6. The molecule has 0 saturated heterocycles. The van der Waals surface area contributed by atoms with Gasteiger partial charge in [0.05, 0.1) is 36.7 Å². The number of benzene rings is 1. The summed E-state index contributed by atoms with van der Waals surface area (Å²) in [6, 6.07) is 9.88. The van der Waals surface area contributed by atoms with Crippen LogP contribution in [0.4, 0.5) is 0 Å². The fourth-order valence-electron chi connectivity index (χ4n) is 3.98. The van der Waals surface area contributed by atoms with Crippen molar-refractivity contribution in [3.05, 3.63) is 77.9 Å². The van der Waals surface area contributed by atoms with Gasteiger partial charge in [-0.2, -0.15) is 5.10 Å². The van der Waals surface area contributed by atoms with Crippen LogP contribution < -0.4 is 0 Å². The lowest BCUT2D eigenvalue weighted by molar-refractivity contribution is 0.0712. The number of carbonyl (C=O) groups excluding carboxylic acids is 1. The molecule has 1 amide bonds. The Balaban J connectivity index is 1.47. The van der Waals surface area contributed by atoms with E-state index < -0.39 is 0 Å². The fraction of sp³-hybridized carbons (Fsp3) is 0.238. The van der Waals surface area contributed by atoms with Crippen LogP contribution in [0, 0.1) is 0 Å². The van der Waals surface area contributed by atoms with Crippen molar-refractivity contribution in [3.8, 4) is 11.4 Å². The molecule has 1 N–H and O–H groups in total. The Morgan fingerprint density at radius 1 is 1.14 bits per heavy atom. The molecule has 5 rings (SSSR count). The van der Waals surface area contributed by atoms with E-state index >= 15 is 0 Å². The zero-order chi connectivity index (χ0) is 20.0. The Hall–Kier alpha value is -3.68. The molecular weight excluding hydrogens is 366 g/mol. The number of carbonyl (C=O) groups is 1. The van der Waals surface area contributed by atoms with Crippen LogP contribution in [0.2, 0.25) is 0 Å². The predicted molar refractivity (Wildman–Crippen MR) is 107 cm³/mol. The van der Waals surface area contributed by atoms with Crippen molar-refractivity contribution in [1.29, 1.82) is 0 Å². The third-order valence-electron chi connectivity index (χ3n) is 5.49. The van der Waals surface area contributed by atoms with E-state index in [0.29, 0.717) is 18.8 Å². The molecule has 0 bridgehead atoms. The van der Waals surface area contributed by atoms with Gasteiger partial charge in [0.25, 0.3) is 5.91 Å². The molecule has 1 aliphatic rings. The average molecular weight is 387 g/mol. The van der Waals surface area contributed by atoms with E-state index in [9.17, 15) is 4.79 Å². The number of H-pyrrole nitrogens is 1. The molecule has 1 atom stereocenters. The molecule has 29 heavy (non-hydrogen) atoms.